The summed E-state index contributed by atoms with van der Waals surface area (Å²) in [5.74, 6) is -1.64. The van der Waals surface area contributed by atoms with E-state index in [2.05, 4.69) is 25.9 Å². The van der Waals surface area contributed by atoms with Crippen LogP contribution in [0.5, 0.6) is 0 Å². The topological polar surface area (TPSA) is 96.0 Å². The molecule has 0 saturated heterocycles. The van der Waals surface area contributed by atoms with E-state index in [1.54, 1.807) is 24.5 Å². The molecule has 28 heavy (non-hydrogen) atoms. The highest BCUT2D eigenvalue weighted by atomic mass is 35.5. The number of benzene rings is 1. The SMILES string of the molecule is CNC(=O)c1cnc(Nc2ccncc2)cc1NC(=O)c1c(F)cccc1Cl. The third kappa shape index (κ3) is 4.24. The van der Waals surface area contributed by atoms with Crippen LogP contribution in [0.1, 0.15) is 20.7 Å². The maximum absolute atomic E-state index is 14.0. The largest absolute Gasteiger partial charge is 0.355 e. The zero-order valence-electron chi connectivity index (χ0n) is 14.7. The molecule has 3 N–H and O–H groups in total. The van der Waals surface area contributed by atoms with Gasteiger partial charge in [-0.3, -0.25) is 14.6 Å². The molecule has 2 aromatic heterocycles. The summed E-state index contributed by atoms with van der Waals surface area (Å²) >= 11 is 5.95. The first kappa shape index (κ1) is 19.2. The van der Waals surface area contributed by atoms with Crippen LogP contribution < -0.4 is 16.0 Å². The molecule has 0 spiro atoms. The van der Waals surface area contributed by atoms with Gasteiger partial charge >= 0.3 is 0 Å². The molecule has 2 heterocycles. The van der Waals surface area contributed by atoms with Gasteiger partial charge in [0, 0.05) is 37.4 Å². The van der Waals surface area contributed by atoms with Crippen molar-refractivity contribution in [3.8, 4) is 0 Å². The third-order valence-electron chi connectivity index (χ3n) is 3.77. The van der Waals surface area contributed by atoms with E-state index in [9.17, 15) is 14.0 Å². The minimum Gasteiger partial charge on any atom is -0.355 e. The Balaban J connectivity index is 1.95. The van der Waals surface area contributed by atoms with Crippen LogP contribution in [-0.4, -0.2) is 28.8 Å². The molecule has 9 heteroatoms. The molecule has 0 unspecified atom stereocenters. The van der Waals surface area contributed by atoms with Gasteiger partial charge in [-0.1, -0.05) is 17.7 Å². The highest BCUT2D eigenvalue weighted by Gasteiger charge is 2.19. The fraction of sp³-hybridized carbons (Fsp3) is 0.0526. The lowest BCUT2D eigenvalue weighted by Gasteiger charge is -2.13. The number of nitrogens with zero attached hydrogens (tertiary/aromatic N) is 2. The van der Waals surface area contributed by atoms with E-state index in [4.69, 9.17) is 11.6 Å². The van der Waals surface area contributed by atoms with Crippen LogP contribution in [0.25, 0.3) is 0 Å². The van der Waals surface area contributed by atoms with E-state index < -0.39 is 17.6 Å². The number of nitrogens with one attached hydrogen (secondary N) is 3. The Kier molecular flexibility index (Phi) is 5.81. The second kappa shape index (κ2) is 8.45. The first-order valence-corrected chi connectivity index (χ1v) is 8.52. The summed E-state index contributed by atoms with van der Waals surface area (Å²) in [6.45, 7) is 0. The quantitative estimate of drug-likeness (QED) is 0.609. The lowest BCUT2D eigenvalue weighted by atomic mass is 10.1. The van der Waals surface area contributed by atoms with E-state index in [-0.39, 0.29) is 21.8 Å². The predicted octanol–water partition coefficient (Wildman–Crippen LogP) is 3.62. The second-order valence-corrected chi connectivity index (χ2v) is 6.01. The van der Waals surface area contributed by atoms with Crippen molar-refractivity contribution in [3.05, 3.63) is 77.0 Å². The number of carbonyl (C=O) groups is 2. The number of anilines is 3. The molecule has 0 atom stereocenters. The number of halogens is 2. The Labute approximate surface area is 165 Å². The Hall–Kier alpha value is -3.52. The molecule has 0 bridgehead atoms. The van der Waals surface area contributed by atoms with Gasteiger partial charge in [0.1, 0.15) is 11.6 Å². The minimum atomic E-state index is -0.783. The van der Waals surface area contributed by atoms with Crippen LogP contribution in [0, 0.1) is 5.82 Å². The predicted molar refractivity (Wildman–Crippen MR) is 105 cm³/mol. The van der Waals surface area contributed by atoms with Crippen molar-refractivity contribution in [2.75, 3.05) is 17.7 Å². The van der Waals surface area contributed by atoms with Crippen molar-refractivity contribution in [2.45, 2.75) is 0 Å². The maximum atomic E-state index is 14.0. The van der Waals surface area contributed by atoms with E-state index >= 15 is 0 Å². The van der Waals surface area contributed by atoms with E-state index in [0.717, 1.165) is 6.07 Å². The highest BCUT2D eigenvalue weighted by Crippen LogP contribution is 2.24. The molecule has 0 aliphatic carbocycles. The average molecular weight is 400 g/mol. The van der Waals surface area contributed by atoms with Crippen LogP contribution in [-0.2, 0) is 0 Å². The van der Waals surface area contributed by atoms with Crippen molar-refractivity contribution < 1.29 is 14.0 Å². The van der Waals surface area contributed by atoms with Crippen LogP contribution in [0.15, 0.2) is 55.0 Å². The molecule has 0 saturated carbocycles. The fourth-order valence-electron chi connectivity index (χ4n) is 2.43. The molecule has 7 nitrogen and oxygen atoms in total. The van der Waals surface area contributed by atoms with Gasteiger partial charge in [0.15, 0.2) is 0 Å². The van der Waals surface area contributed by atoms with Gasteiger partial charge in [-0.05, 0) is 24.3 Å². The fourth-order valence-corrected chi connectivity index (χ4v) is 2.67. The number of hydrogen-bond donors (Lipinski definition) is 3. The zero-order valence-corrected chi connectivity index (χ0v) is 15.4. The smallest absolute Gasteiger partial charge is 0.260 e. The summed E-state index contributed by atoms with van der Waals surface area (Å²) in [6.07, 6.45) is 4.51. The molecule has 0 fully saturated rings. The van der Waals surface area contributed by atoms with Crippen LogP contribution in [0.3, 0.4) is 0 Å². The monoisotopic (exact) mass is 399 g/mol. The van der Waals surface area contributed by atoms with Crippen LogP contribution in [0.2, 0.25) is 5.02 Å². The zero-order chi connectivity index (χ0) is 20.1. The highest BCUT2D eigenvalue weighted by molar-refractivity contribution is 6.34. The van der Waals surface area contributed by atoms with Gasteiger partial charge in [0.2, 0.25) is 0 Å². The Morgan fingerprint density at radius 2 is 1.86 bits per heavy atom. The van der Waals surface area contributed by atoms with Gasteiger partial charge in [-0.15, -0.1) is 0 Å². The van der Waals surface area contributed by atoms with Crippen LogP contribution >= 0.6 is 11.6 Å². The Morgan fingerprint density at radius 1 is 1.11 bits per heavy atom. The van der Waals surface area contributed by atoms with Crippen molar-refractivity contribution in [1.29, 1.82) is 0 Å². The van der Waals surface area contributed by atoms with Gasteiger partial charge < -0.3 is 16.0 Å². The van der Waals surface area contributed by atoms with E-state index in [0.29, 0.717) is 11.5 Å². The molecule has 142 valence electrons. The molecule has 1 aromatic carbocycles. The summed E-state index contributed by atoms with van der Waals surface area (Å²) in [5, 5.41) is 7.99. The first-order valence-electron chi connectivity index (χ1n) is 8.14. The summed E-state index contributed by atoms with van der Waals surface area (Å²) in [5.41, 5.74) is 0.663. The van der Waals surface area contributed by atoms with Crippen molar-refractivity contribution in [3.63, 3.8) is 0 Å². The maximum Gasteiger partial charge on any atom is 0.260 e. The summed E-state index contributed by atoms with van der Waals surface area (Å²) < 4.78 is 14.0. The molecular weight excluding hydrogens is 385 g/mol. The van der Waals surface area contributed by atoms with Crippen molar-refractivity contribution >= 4 is 40.6 Å². The Morgan fingerprint density at radius 3 is 2.54 bits per heavy atom. The number of hydrogen-bond acceptors (Lipinski definition) is 5. The number of carbonyl (C=O) groups excluding carboxylic acids is 2. The first-order chi connectivity index (χ1) is 13.5. The molecule has 3 rings (SSSR count). The summed E-state index contributed by atoms with van der Waals surface area (Å²) in [4.78, 5) is 32.8. The lowest BCUT2D eigenvalue weighted by molar-refractivity contribution is 0.0963. The number of pyridine rings is 2. The number of rotatable bonds is 5. The van der Waals surface area contributed by atoms with Crippen molar-refractivity contribution in [1.82, 2.24) is 15.3 Å². The molecule has 0 aliphatic heterocycles. The second-order valence-electron chi connectivity index (χ2n) is 5.61. The average Bonchev–Trinajstić information content (AvgIpc) is 2.68. The van der Waals surface area contributed by atoms with E-state index in [1.807, 2.05) is 0 Å². The molecule has 2 amide bonds. The van der Waals surface area contributed by atoms with Gasteiger partial charge in [-0.2, -0.15) is 0 Å². The summed E-state index contributed by atoms with van der Waals surface area (Å²) in [6, 6.07) is 8.86. The minimum absolute atomic E-state index is 0.0387. The van der Waals surface area contributed by atoms with Crippen LogP contribution in [0.4, 0.5) is 21.6 Å². The lowest BCUT2D eigenvalue weighted by Crippen LogP contribution is -2.22. The molecular formula is C19H15ClFN5O2. The number of amides is 2. The molecule has 0 aliphatic rings. The van der Waals surface area contributed by atoms with E-state index in [1.165, 1.54) is 31.4 Å². The van der Waals surface area contributed by atoms with Gasteiger partial charge in [0.05, 0.1) is 21.8 Å². The summed E-state index contributed by atoms with van der Waals surface area (Å²) in [7, 11) is 1.45. The standard InChI is InChI=1S/C19H15ClFN5O2/c1-22-18(27)12-10-24-16(25-11-5-7-23-8-6-11)9-15(12)26-19(28)17-13(20)3-2-4-14(17)21/h2-10H,1H3,(H,22,27)(H2,23,24,25,26,28). The van der Waals surface area contributed by atoms with Gasteiger partial charge in [0.25, 0.3) is 11.8 Å². The van der Waals surface area contributed by atoms with Crippen molar-refractivity contribution in [2.24, 2.45) is 0 Å². The molecule has 0 radical (unpaired) electrons. The third-order valence-corrected chi connectivity index (χ3v) is 4.08. The number of aromatic nitrogens is 2. The molecule has 3 aromatic rings. The normalized spacial score (nSPS) is 10.2. The van der Waals surface area contributed by atoms with Gasteiger partial charge in [-0.25, -0.2) is 9.37 Å². The Bertz CT molecular complexity index is 1010.